The van der Waals surface area contributed by atoms with Gasteiger partial charge in [-0.25, -0.2) is 0 Å². The largest absolute Gasteiger partial charge is 0.314 e. The van der Waals surface area contributed by atoms with Crippen molar-refractivity contribution in [3.8, 4) is 6.07 Å². The van der Waals surface area contributed by atoms with Crippen LogP contribution in [0.25, 0.3) is 0 Å². The summed E-state index contributed by atoms with van der Waals surface area (Å²) in [5.41, 5.74) is 0.659. The first-order valence-corrected chi connectivity index (χ1v) is 6.77. The van der Waals surface area contributed by atoms with Crippen molar-refractivity contribution in [1.29, 1.82) is 5.26 Å². The predicted octanol–water partition coefficient (Wildman–Crippen LogP) is 2.95. The Morgan fingerprint density at radius 2 is 2.05 bits per heavy atom. The van der Waals surface area contributed by atoms with Crippen LogP contribution in [0.4, 0.5) is 5.69 Å². The molecule has 0 unspecified atom stereocenters. The molecule has 6 nitrogen and oxygen atoms in total. The van der Waals surface area contributed by atoms with Crippen LogP contribution < -0.4 is 5.32 Å². The first-order valence-electron chi connectivity index (χ1n) is 6.39. The molecule has 0 amide bonds. The molecular formula is C13H17Cl3N4O2. The molecule has 1 aliphatic heterocycles. The van der Waals surface area contributed by atoms with E-state index in [1.54, 1.807) is 6.07 Å². The predicted molar refractivity (Wildman–Crippen MR) is 90.0 cm³/mol. The molecular weight excluding hydrogens is 351 g/mol. The van der Waals surface area contributed by atoms with Crippen LogP contribution in [-0.4, -0.2) is 36.0 Å². The molecule has 0 aromatic heterocycles. The molecule has 0 aliphatic carbocycles. The number of rotatable bonds is 4. The smallest absolute Gasteiger partial charge is 0.288 e. The molecule has 0 bridgehead atoms. The summed E-state index contributed by atoms with van der Waals surface area (Å²) in [6, 6.07) is 6.81. The number of nitro groups is 1. The van der Waals surface area contributed by atoms with Gasteiger partial charge in [-0.15, -0.1) is 24.8 Å². The monoisotopic (exact) mass is 366 g/mol. The number of halogens is 3. The number of nitrogens with zero attached hydrogens (tertiary/aromatic N) is 3. The minimum absolute atomic E-state index is 0. The van der Waals surface area contributed by atoms with Gasteiger partial charge in [-0.3, -0.25) is 15.0 Å². The van der Waals surface area contributed by atoms with E-state index < -0.39 is 4.92 Å². The van der Waals surface area contributed by atoms with Crippen molar-refractivity contribution in [2.75, 3.05) is 26.2 Å². The van der Waals surface area contributed by atoms with Gasteiger partial charge >= 0.3 is 0 Å². The van der Waals surface area contributed by atoms with Crippen molar-refractivity contribution in [3.05, 3.63) is 38.9 Å². The average molecular weight is 368 g/mol. The second-order valence-corrected chi connectivity index (χ2v) is 5.04. The maximum atomic E-state index is 11.0. The lowest BCUT2D eigenvalue weighted by Gasteiger charge is -2.34. The van der Waals surface area contributed by atoms with Gasteiger partial charge < -0.3 is 5.32 Å². The molecule has 22 heavy (non-hydrogen) atoms. The summed E-state index contributed by atoms with van der Waals surface area (Å²) in [7, 11) is 0. The highest BCUT2D eigenvalue weighted by atomic mass is 35.5. The zero-order valence-corrected chi connectivity index (χ0v) is 14.1. The van der Waals surface area contributed by atoms with Gasteiger partial charge in [-0.2, -0.15) is 5.26 Å². The zero-order valence-electron chi connectivity index (χ0n) is 11.7. The molecule has 0 saturated carbocycles. The van der Waals surface area contributed by atoms with E-state index in [9.17, 15) is 10.1 Å². The van der Waals surface area contributed by atoms with E-state index >= 15 is 0 Å². The number of hydrogen-bond donors (Lipinski definition) is 1. The van der Waals surface area contributed by atoms with Crippen molar-refractivity contribution in [2.45, 2.75) is 12.5 Å². The Morgan fingerprint density at radius 1 is 1.41 bits per heavy atom. The van der Waals surface area contributed by atoms with Crippen LogP contribution in [0, 0.1) is 21.4 Å². The normalized spacial score (nSPS) is 15.8. The second kappa shape index (κ2) is 9.82. The van der Waals surface area contributed by atoms with Crippen molar-refractivity contribution >= 4 is 42.1 Å². The van der Waals surface area contributed by atoms with Gasteiger partial charge in [0.25, 0.3) is 5.69 Å². The fourth-order valence-electron chi connectivity index (χ4n) is 2.41. The SMILES string of the molecule is Cl.Cl.N#CC[C@@H](c1ccc(Cl)c([N+](=O)[O-])c1)N1CCNCC1. The second-order valence-electron chi connectivity index (χ2n) is 4.63. The fourth-order valence-corrected chi connectivity index (χ4v) is 2.60. The van der Waals surface area contributed by atoms with E-state index in [4.69, 9.17) is 16.9 Å². The third-order valence-corrected chi connectivity index (χ3v) is 3.75. The van der Waals surface area contributed by atoms with Crippen molar-refractivity contribution < 1.29 is 4.92 Å². The van der Waals surface area contributed by atoms with Crippen LogP contribution in [0.3, 0.4) is 0 Å². The molecule has 1 heterocycles. The molecule has 0 radical (unpaired) electrons. The molecule has 9 heteroatoms. The van der Waals surface area contributed by atoms with E-state index in [-0.39, 0.29) is 41.6 Å². The van der Waals surface area contributed by atoms with Crippen molar-refractivity contribution in [3.63, 3.8) is 0 Å². The van der Waals surface area contributed by atoms with E-state index in [0.29, 0.717) is 6.42 Å². The van der Waals surface area contributed by atoms with E-state index in [1.165, 1.54) is 12.1 Å². The molecule has 1 fully saturated rings. The summed E-state index contributed by atoms with van der Waals surface area (Å²) >= 11 is 5.83. The Kier molecular flexibility index (Phi) is 9.33. The number of nitrogens with one attached hydrogen (secondary N) is 1. The fraction of sp³-hybridized carbons (Fsp3) is 0.462. The molecule has 2 rings (SSSR count). The standard InChI is InChI=1S/C13H15ClN4O2.2ClH/c14-11-2-1-10(9-13(11)18(19)20)12(3-4-15)17-7-5-16-6-8-17;;/h1-2,9,12,16H,3,5-8H2;2*1H/t12-;;/m0../s1. The summed E-state index contributed by atoms with van der Waals surface area (Å²) in [5, 5.41) is 23.3. The summed E-state index contributed by atoms with van der Waals surface area (Å²) in [4.78, 5) is 12.6. The Balaban J connectivity index is 0.00000220. The van der Waals surface area contributed by atoms with Crippen LogP contribution in [0.5, 0.6) is 0 Å². The summed E-state index contributed by atoms with van der Waals surface area (Å²) in [5.74, 6) is 0. The minimum atomic E-state index is -0.493. The van der Waals surface area contributed by atoms with Gasteiger partial charge in [-0.05, 0) is 11.6 Å². The molecule has 1 aliphatic rings. The van der Waals surface area contributed by atoms with Gasteiger partial charge in [0.1, 0.15) is 5.02 Å². The van der Waals surface area contributed by atoms with Gasteiger partial charge in [-0.1, -0.05) is 17.7 Å². The average Bonchev–Trinajstić information content (AvgIpc) is 2.46. The highest BCUT2D eigenvalue weighted by molar-refractivity contribution is 6.32. The van der Waals surface area contributed by atoms with Crippen LogP contribution >= 0.6 is 36.4 Å². The summed E-state index contributed by atoms with van der Waals surface area (Å²) in [6.07, 6.45) is 0.304. The number of piperazine rings is 1. The molecule has 0 spiro atoms. The minimum Gasteiger partial charge on any atom is -0.314 e. The van der Waals surface area contributed by atoms with Crippen LogP contribution in [0.15, 0.2) is 18.2 Å². The highest BCUT2D eigenvalue weighted by Crippen LogP contribution is 2.31. The first-order chi connectivity index (χ1) is 9.63. The number of nitro benzene ring substituents is 1. The lowest BCUT2D eigenvalue weighted by atomic mass is 10.0. The van der Waals surface area contributed by atoms with Crippen LogP contribution in [0.2, 0.25) is 5.02 Å². The molecule has 1 N–H and O–H groups in total. The number of nitriles is 1. The van der Waals surface area contributed by atoms with E-state index in [2.05, 4.69) is 16.3 Å². The topological polar surface area (TPSA) is 82.2 Å². The zero-order chi connectivity index (χ0) is 14.5. The molecule has 1 saturated heterocycles. The molecule has 122 valence electrons. The molecule has 1 aromatic carbocycles. The van der Waals surface area contributed by atoms with Crippen molar-refractivity contribution in [2.24, 2.45) is 0 Å². The van der Waals surface area contributed by atoms with E-state index in [0.717, 1.165) is 31.7 Å². The summed E-state index contributed by atoms with van der Waals surface area (Å²) in [6.45, 7) is 3.36. The molecule has 1 aromatic rings. The quantitative estimate of drug-likeness (QED) is 0.653. The third kappa shape index (κ3) is 4.97. The lowest BCUT2D eigenvalue weighted by molar-refractivity contribution is -0.384. The Morgan fingerprint density at radius 3 is 2.59 bits per heavy atom. The maximum Gasteiger partial charge on any atom is 0.288 e. The first kappa shape index (κ1) is 20.9. The number of hydrogen-bond acceptors (Lipinski definition) is 5. The Bertz CT molecular complexity index is 545. The number of benzene rings is 1. The van der Waals surface area contributed by atoms with Gasteiger partial charge in [0, 0.05) is 38.3 Å². The van der Waals surface area contributed by atoms with E-state index in [1.807, 2.05) is 0 Å². The van der Waals surface area contributed by atoms with Gasteiger partial charge in [0.15, 0.2) is 0 Å². The molecule has 1 atom stereocenters. The summed E-state index contributed by atoms with van der Waals surface area (Å²) < 4.78 is 0. The van der Waals surface area contributed by atoms with Crippen LogP contribution in [0.1, 0.15) is 18.0 Å². The third-order valence-electron chi connectivity index (χ3n) is 3.43. The van der Waals surface area contributed by atoms with Gasteiger partial charge in [0.2, 0.25) is 0 Å². The maximum absolute atomic E-state index is 11.0. The highest BCUT2D eigenvalue weighted by Gasteiger charge is 2.24. The van der Waals surface area contributed by atoms with Gasteiger partial charge in [0.05, 0.1) is 17.4 Å². The van der Waals surface area contributed by atoms with Crippen LogP contribution in [-0.2, 0) is 0 Å². The Labute approximate surface area is 146 Å². The lowest BCUT2D eigenvalue weighted by Crippen LogP contribution is -2.45. The van der Waals surface area contributed by atoms with Crippen molar-refractivity contribution in [1.82, 2.24) is 10.2 Å². The Hall–Kier alpha value is -1.10.